The van der Waals surface area contributed by atoms with Crippen molar-refractivity contribution in [3.8, 4) is 11.5 Å². The molecular formula is C21H17BrClN5O3. The van der Waals surface area contributed by atoms with Crippen molar-refractivity contribution >= 4 is 39.1 Å². The minimum Gasteiger partial charge on any atom is -0.471 e. The second-order valence-electron chi connectivity index (χ2n) is 6.42. The Bertz CT molecular complexity index is 1180. The Morgan fingerprint density at radius 2 is 1.81 bits per heavy atom. The van der Waals surface area contributed by atoms with Gasteiger partial charge < -0.3 is 14.8 Å². The molecule has 1 N–H and O–H groups in total. The number of nitrogens with zero attached hydrogens (tertiary/aromatic N) is 4. The smallest absolute Gasteiger partial charge is 0.276 e. The second-order valence-corrected chi connectivity index (χ2v) is 7.77. The highest BCUT2D eigenvalue weighted by atomic mass is 79.9. The van der Waals surface area contributed by atoms with Gasteiger partial charge >= 0.3 is 0 Å². The average Bonchev–Trinajstić information content (AvgIpc) is 3.41. The van der Waals surface area contributed by atoms with E-state index in [1.54, 1.807) is 53.6 Å². The average molecular weight is 503 g/mol. The van der Waals surface area contributed by atoms with E-state index in [1.165, 1.54) is 4.68 Å². The summed E-state index contributed by atoms with van der Waals surface area (Å²) in [6, 6.07) is 16.1. The van der Waals surface area contributed by atoms with Crippen LogP contribution >= 0.6 is 27.5 Å². The summed E-state index contributed by atoms with van der Waals surface area (Å²) in [6.07, 6.45) is 4.88. The maximum Gasteiger partial charge on any atom is 0.276 e. The number of ether oxygens (including phenoxy) is 2. The topological polar surface area (TPSA) is 83.2 Å². The molecular weight excluding hydrogens is 486 g/mol. The first-order valence-electron chi connectivity index (χ1n) is 9.19. The van der Waals surface area contributed by atoms with Crippen LogP contribution in [0.25, 0.3) is 0 Å². The first-order chi connectivity index (χ1) is 15.0. The summed E-state index contributed by atoms with van der Waals surface area (Å²) in [5.74, 6) is 0.983. The third-order valence-electron chi connectivity index (χ3n) is 4.10. The van der Waals surface area contributed by atoms with E-state index in [9.17, 15) is 4.79 Å². The Morgan fingerprint density at radius 3 is 2.61 bits per heavy atom. The van der Waals surface area contributed by atoms with Gasteiger partial charge in [0.2, 0.25) is 0 Å². The molecule has 0 aliphatic heterocycles. The number of benzene rings is 2. The molecule has 0 spiro atoms. The predicted molar refractivity (Wildman–Crippen MR) is 119 cm³/mol. The summed E-state index contributed by atoms with van der Waals surface area (Å²) in [4.78, 5) is 12.4. The van der Waals surface area contributed by atoms with Crippen LogP contribution in [0.4, 0.5) is 5.69 Å². The normalized spacial score (nSPS) is 10.6. The molecule has 0 saturated carbocycles. The van der Waals surface area contributed by atoms with Gasteiger partial charge in [0.1, 0.15) is 11.5 Å². The van der Waals surface area contributed by atoms with Crippen molar-refractivity contribution in [2.75, 3.05) is 5.32 Å². The number of nitrogens with one attached hydrogen (secondary N) is 1. The fourth-order valence-electron chi connectivity index (χ4n) is 2.62. The zero-order valence-corrected chi connectivity index (χ0v) is 18.5. The van der Waals surface area contributed by atoms with Gasteiger partial charge in [-0.25, -0.2) is 9.36 Å². The molecule has 0 aliphatic carbocycles. The van der Waals surface area contributed by atoms with E-state index in [1.807, 2.05) is 24.3 Å². The lowest BCUT2D eigenvalue weighted by molar-refractivity contribution is 0.102. The van der Waals surface area contributed by atoms with Crippen molar-refractivity contribution in [3.05, 3.63) is 88.4 Å². The summed E-state index contributed by atoms with van der Waals surface area (Å²) < 4.78 is 15.3. The fourth-order valence-corrected chi connectivity index (χ4v) is 3.06. The minimum atomic E-state index is -0.352. The van der Waals surface area contributed by atoms with E-state index in [0.717, 1.165) is 10.2 Å². The van der Waals surface area contributed by atoms with Crippen LogP contribution in [0, 0.1) is 0 Å². The molecule has 0 saturated heterocycles. The van der Waals surface area contributed by atoms with Crippen molar-refractivity contribution in [1.29, 1.82) is 0 Å². The van der Waals surface area contributed by atoms with E-state index in [2.05, 4.69) is 31.4 Å². The van der Waals surface area contributed by atoms with E-state index in [-0.39, 0.29) is 25.1 Å². The van der Waals surface area contributed by atoms with Crippen molar-refractivity contribution < 1.29 is 14.3 Å². The number of hydrogen-bond donors (Lipinski definition) is 1. The van der Waals surface area contributed by atoms with Crippen LogP contribution in [0.5, 0.6) is 11.5 Å². The van der Waals surface area contributed by atoms with Crippen LogP contribution in [0.1, 0.15) is 10.5 Å². The van der Waals surface area contributed by atoms with Gasteiger partial charge in [-0.15, -0.1) is 0 Å². The Labute approximate surface area is 191 Å². The van der Waals surface area contributed by atoms with Gasteiger partial charge in [0.25, 0.3) is 5.91 Å². The Hall–Kier alpha value is -3.30. The molecule has 8 nitrogen and oxygen atoms in total. The summed E-state index contributed by atoms with van der Waals surface area (Å²) in [5, 5.41) is 11.8. The maximum atomic E-state index is 12.4. The molecule has 10 heteroatoms. The lowest BCUT2D eigenvalue weighted by Crippen LogP contribution is -2.14. The summed E-state index contributed by atoms with van der Waals surface area (Å²) in [6.45, 7) is 0.367. The highest BCUT2D eigenvalue weighted by molar-refractivity contribution is 9.10. The number of carbonyl (C=O) groups is 1. The summed E-state index contributed by atoms with van der Waals surface area (Å²) in [7, 11) is 0. The van der Waals surface area contributed by atoms with Gasteiger partial charge in [0.15, 0.2) is 19.2 Å². The van der Waals surface area contributed by atoms with Gasteiger partial charge in [0.05, 0.1) is 18.1 Å². The van der Waals surface area contributed by atoms with Crippen molar-refractivity contribution in [3.63, 3.8) is 0 Å². The largest absolute Gasteiger partial charge is 0.471 e. The van der Waals surface area contributed by atoms with Gasteiger partial charge in [-0.2, -0.15) is 10.2 Å². The van der Waals surface area contributed by atoms with E-state index in [0.29, 0.717) is 16.5 Å². The highest BCUT2D eigenvalue weighted by Crippen LogP contribution is 2.18. The summed E-state index contributed by atoms with van der Waals surface area (Å²) in [5.41, 5.74) is 0.794. The van der Waals surface area contributed by atoms with Gasteiger partial charge in [-0.1, -0.05) is 33.6 Å². The third-order valence-corrected chi connectivity index (χ3v) is 4.86. The SMILES string of the molecule is O=C(Nc1cnn(COc2ccc(Br)cc2)c1)c1ccn(COc2cccc(Cl)c2)n1. The molecule has 4 aromatic rings. The number of amides is 1. The minimum absolute atomic E-state index is 0.152. The first-order valence-corrected chi connectivity index (χ1v) is 10.4. The van der Waals surface area contributed by atoms with E-state index in [4.69, 9.17) is 21.1 Å². The fraction of sp³-hybridized carbons (Fsp3) is 0.0952. The number of halogens is 2. The molecule has 0 aliphatic rings. The number of rotatable bonds is 8. The molecule has 4 rings (SSSR count). The number of aromatic nitrogens is 4. The van der Waals surface area contributed by atoms with Crippen molar-refractivity contribution in [2.45, 2.75) is 13.5 Å². The Morgan fingerprint density at radius 1 is 1.03 bits per heavy atom. The van der Waals surface area contributed by atoms with E-state index >= 15 is 0 Å². The molecule has 0 unspecified atom stereocenters. The molecule has 0 radical (unpaired) electrons. The summed E-state index contributed by atoms with van der Waals surface area (Å²) >= 11 is 9.31. The molecule has 0 bridgehead atoms. The van der Waals surface area contributed by atoms with Crippen molar-refractivity contribution in [2.24, 2.45) is 0 Å². The molecule has 158 valence electrons. The zero-order chi connectivity index (χ0) is 21.6. The van der Waals surface area contributed by atoms with Crippen LogP contribution < -0.4 is 14.8 Å². The molecule has 2 aromatic carbocycles. The van der Waals surface area contributed by atoms with Gasteiger partial charge in [-0.05, 0) is 48.5 Å². The molecule has 0 atom stereocenters. The first kappa shape index (κ1) is 21.0. The number of anilines is 1. The standard InChI is InChI=1S/C21H17BrClN5O3/c22-15-4-6-18(7-5-15)30-14-28-12-17(11-24-28)25-21(29)20-8-9-27(26-20)13-31-19-3-1-2-16(23)10-19/h1-12H,13-14H2,(H,25,29). The number of hydrogen-bond acceptors (Lipinski definition) is 5. The van der Waals surface area contributed by atoms with Crippen LogP contribution in [0.3, 0.4) is 0 Å². The van der Waals surface area contributed by atoms with Crippen LogP contribution in [-0.4, -0.2) is 25.5 Å². The monoisotopic (exact) mass is 501 g/mol. The quantitative estimate of drug-likeness (QED) is 0.373. The highest BCUT2D eigenvalue weighted by Gasteiger charge is 2.11. The molecule has 2 heterocycles. The van der Waals surface area contributed by atoms with E-state index < -0.39 is 0 Å². The van der Waals surface area contributed by atoms with Crippen molar-refractivity contribution in [1.82, 2.24) is 19.6 Å². The maximum absolute atomic E-state index is 12.4. The molecule has 1 amide bonds. The molecule has 2 aromatic heterocycles. The van der Waals surface area contributed by atoms with Gasteiger partial charge in [0, 0.05) is 15.7 Å². The Balaban J connectivity index is 1.29. The lowest BCUT2D eigenvalue weighted by Gasteiger charge is -2.06. The number of carbonyl (C=O) groups excluding carboxylic acids is 1. The third kappa shape index (κ3) is 5.87. The Kier molecular flexibility index (Phi) is 6.54. The second kappa shape index (κ2) is 9.67. The zero-order valence-electron chi connectivity index (χ0n) is 16.1. The predicted octanol–water partition coefficient (Wildman–Crippen LogP) is 4.82. The van der Waals surface area contributed by atoms with Crippen LogP contribution in [0.2, 0.25) is 5.02 Å². The van der Waals surface area contributed by atoms with Crippen LogP contribution in [-0.2, 0) is 13.5 Å². The molecule has 0 fully saturated rings. The van der Waals surface area contributed by atoms with Gasteiger partial charge in [-0.3, -0.25) is 4.79 Å². The van der Waals surface area contributed by atoms with Crippen LogP contribution in [0.15, 0.2) is 77.7 Å². The molecule has 31 heavy (non-hydrogen) atoms. The lowest BCUT2D eigenvalue weighted by atomic mass is 10.3.